The summed E-state index contributed by atoms with van der Waals surface area (Å²) in [5, 5.41) is 0. The number of fused-ring (bicyclic) bond motifs is 3. The molecule has 0 radical (unpaired) electrons. The van der Waals surface area contributed by atoms with Gasteiger partial charge in [0.2, 0.25) is 5.91 Å². The van der Waals surface area contributed by atoms with E-state index in [0.717, 1.165) is 38.3 Å². The summed E-state index contributed by atoms with van der Waals surface area (Å²) >= 11 is 0. The Labute approximate surface area is 165 Å². The van der Waals surface area contributed by atoms with E-state index in [1.807, 2.05) is 0 Å². The monoisotopic (exact) mass is 368 g/mol. The van der Waals surface area contributed by atoms with Crippen LogP contribution in [0.4, 0.5) is 5.69 Å². The number of aryl methyl sites for hydroxylation is 1. The van der Waals surface area contributed by atoms with E-state index in [0.29, 0.717) is 23.3 Å². The van der Waals surface area contributed by atoms with Gasteiger partial charge in [-0.15, -0.1) is 0 Å². The zero-order chi connectivity index (χ0) is 19.3. The molecular formula is C24H36N2O. The van der Waals surface area contributed by atoms with Crippen LogP contribution < -0.4 is 4.90 Å². The van der Waals surface area contributed by atoms with Gasteiger partial charge in [-0.3, -0.25) is 4.79 Å². The molecule has 2 atom stereocenters. The molecule has 3 aliphatic rings. The van der Waals surface area contributed by atoms with Crippen LogP contribution >= 0.6 is 0 Å². The lowest BCUT2D eigenvalue weighted by atomic mass is 9.69. The highest BCUT2D eigenvalue weighted by Gasteiger charge is 2.46. The molecule has 1 aromatic carbocycles. The molecule has 1 aromatic rings. The zero-order valence-electron chi connectivity index (χ0n) is 17.8. The second-order valence-corrected chi connectivity index (χ2v) is 10.4. The first-order valence-electron chi connectivity index (χ1n) is 10.9. The number of piperidine rings is 1. The molecular weight excluding hydrogens is 332 g/mol. The molecule has 1 aliphatic carbocycles. The van der Waals surface area contributed by atoms with Crippen molar-refractivity contribution in [2.75, 3.05) is 25.0 Å². The Morgan fingerprint density at radius 2 is 1.78 bits per heavy atom. The molecule has 3 heteroatoms. The fourth-order valence-corrected chi connectivity index (χ4v) is 5.77. The van der Waals surface area contributed by atoms with Crippen molar-refractivity contribution in [2.24, 2.45) is 17.3 Å². The summed E-state index contributed by atoms with van der Waals surface area (Å²) < 4.78 is 0. The topological polar surface area (TPSA) is 23.6 Å². The average molecular weight is 369 g/mol. The maximum atomic E-state index is 13.7. The number of hydrogen-bond donors (Lipinski definition) is 0. The van der Waals surface area contributed by atoms with Crippen molar-refractivity contribution < 1.29 is 4.79 Å². The quantitative estimate of drug-likeness (QED) is 0.698. The highest BCUT2D eigenvalue weighted by atomic mass is 16.2. The molecule has 1 saturated carbocycles. The number of likely N-dealkylation sites (N-methyl/N-ethyl adjacent to an activating group) is 1. The SMILES string of the molecule is Cc1ccc2c(c1)[C@H]1CN(C)CC[C@@H]1N2C(=O)C1CCC(C(C)(C)C)CC1. The van der Waals surface area contributed by atoms with Crippen molar-refractivity contribution in [3.63, 3.8) is 0 Å². The van der Waals surface area contributed by atoms with Gasteiger partial charge in [-0.25, -0.2) is 0 Å². The smallest absolute Gasteiger partial charge is 0.230 e. The summed E-state index contributed by atoms with van der Waals surface area (Å²) in [7, 11) is 2.21. The molecule has 2 heterocycles. The predicted octanol–water partition coefficient (Wildman–Crippen LogP) is 4.98. The fourth-order valence-electron chi connectivity index (χ4n) is 5.77. The summed E-state index contributed by atoms with van der Waals surface area (Å²) in [5.41, 5.74) is 4.28. The van der Waals surface area contributed by atoms with Crippen LogP contribution in [-0.4, -0.2) is 37.0 Å². The second-order valence-electron chi connectivity index (χ2n) is 10.4. The Kier molecular flexibility index (Phi) is 4.86. The summed E-state index contributed by atoms with van der Waals surface area (Å²) in [4.78, 5) is 18.3. The molecule has 1 saturated heterocycles. The van der Waals surface area contributed by atoms with Crippen LogP contribution in [0.2, 0.25) is 0 Å². The third-order valence-electron chi connectivity index (χ3n) is 7.49. The van der Waals surface area contributed by atoms with E-state index in [-0.39, 0.29) is 5.92 Å². The highest BCUT2D eigenvalue weighted by Crippen LogP contribution is 2.47. The Hall–Kier alpha value is -1.35. The van der Waals surface area contributed by atoms with E-state index in [2.05, 4.69) is 62.7 Å². The molecule has 0 aromatic heterocycles. The van der Waals surface area contributed by atoms with E-state index in [1.165, 1.54) is 29.7 Å². The van der Waals surface area contributed by atoms with Gasteiger partial charge in [0.05, 0.1) is 0 Å². The standard InChI is InChI=1S/C24H36N2O/c1-16-6-11-21-19(14-16)20-15-25(5)13-12-22(20)26(21)23(27)17-7-9-18(10-8-17)24(2,3)4/h6,11,14,17-18,20,22H,7-10,12-13,15H2,1-5H3/t17?,18?,20-,22+/m1/s1. The van der Waals surface area contributed by atoms with Gasteiger partial charge in [-0.1, -0.05) is 38.5 Å². The van der Waals surface area contributed by atoms with Crippen LogP contribution in [0.25, 0.3) is 0 Å². The summed E-state index contributed by atoms with van der Waals surface area (Å²) in [6, 6.07) is 7.08. The van der Waals surface area contributed by atoms with Gasteiger partial charge < -0.3 is 9.80 Å². The lowest BCUT2D eigenvalue weighted by molar-refractivity contribution is -0.124. The van der Waals surface area contributed by atoms with Crippen LogP contribution in [0, 0.1) is 24.2 Å². The van der Waals surface area contributed by atoms with Gasteiger partial charge in [-0.05, 0) is 75.6 Å². The number of rotatable bonds is 1. The van der Waals surface area contributed by atoms with E-state index in [9.17, 15) is 4.79 Å². The minimum absolute atomic E-state index is 0.219. The Balaban J connectivity index is 1.57. The molecule has 3 nitrogen and oxygen atoms in total. The van der Waals surface area contributed by atoms with Gasteiger partial charge in [0.1, 0.15) is 0 Å². The minimum Gasteiger partial charge on any atom is -0.308 e. The minimum atomic E-state index is 0.219. The number of hydrogen-bond acceptors (Lipinski definition) is 2. The number of carbonyl (C=O) groups is 1. The third-order valence-corrected chi connectivity index (χ3v) is 7.49. The first-order valence-corrected chi connectivity index (χ1v) is 10.9. The van der Waals surface area contributed by atoms with Crippen LogP contribution in [-0.2, 0) is 4.79 Å². The molecule has 148 valence electrons. The normalized spacial score (nSPS) is 31.5. The fraction of sp³-hybridized carbons (Fsp3) is 0.708. The van der Waals surface area contributed by atoms with Crippen molar-refractivity contribution in [3.05, 3.63) is 29.3 Å². The third kappa shape index (κ3) is 3.44. The van der Waals surface area contributed by atoms with Crippen LogP contribution in [0.5, 0.6) is 0 Å². The molecule has 27 heavy (non-hydrogen) atoms. The molecule has 2 aliphatic heterocycles. The van der Waals surface area contributed by atoms with Crippen LogP contribution in [0.1, 0.15) is 69.9 Å². The molecule has 4 rings (SSSR count). The number of likely N-dealkylation sites (tertiary alicyclic amines) is 1. The summed E-state index contributed by atoms with van der Waals surface area (Å²) in [6.45, 7) is 11.4. The van der Waals surface area contributed by atoms with Gasteiger partial charge >= 0.3 is 0 Å². The summed E-state index contributed by atoms with van der Waals surface area (Å²) in [5.74, 6) is 1.86. The Morgan fingerprint density at radius 1 is 1.07 bits per heavy atom. The van der Waals surface area contributed by atoms with Gasteiger partial charge in [0.25, 0.3) is 0 Å². The molecule has 0 spiro atoms. The van der Waals surface area contributed by atoms with Gasteiger partial charge in [-0.2, -0.15) is 0 Å². The van der Waals surface area contributed by atoms with Gasteiger partial charge in [0.15, 0.2) is 0 Å². The average Bonchev–Trinajstić information content (AvgIpc) is 2.93. The number of carbonyl (C=O) groups excluding carboxylic acids is 1. The van der Waals surface area contributed by atoms with Crippen molar-refractivity contribution in [3.8, 4) is 0 Å². The first kappa shape index (κ1) is 19.0. The van der Waals surface area contributed by atoms with Crippen molar-refractivity contribution >= 4 is 11.6 Å². The largest absolute Gasteiger partial charge is 0.308 e. The van der Waals surface area contributed by atoms with Gasteiger partial charge in [0, 0.05) is 30.1 Å². The maximum absolute atomic E-state index is 13.7. The highest BCUT2D eigenvalue weighted by molar-refractivity contribution is 5.98. The van der Waals surface area contributed by atoms with Crippen molar-refractivity contribution in [1.82, 2.24) is 4.90 Å². The first-order chi connectivity index (χ1) is 12.8. The Bertz CT molecular complexity index is 712. The number of anilines is 1. The second kappa shape index (κ2) is 6.92. The molecule has 0 bridgehead atoms. The van der Waals surface area contributed by atoms with E-state index < -0.39 is 0 Å². The Morgan fingerprint density at radius 3 is 2.44 bits per heavy atom. The van der Waals surface area contributed by atoms with E-state index >= 15 is 0 Å². The van der Waals surface area contributed by atoms with Crippen molar-refractivity contribution in [2.45, 2.75) is 71.8 Å². The van der Waals surface area contributed by atoms with E-state index in [1.54, 1.807) is 0 Å². The molecule has 0 N–H and O–H groups in total. The zero-order valence-corrected chi connectivity index (χ0v) is 17.8. The molecule has 0 unspecified atom stereocenters. The lowest BCUT2D eigenvalue weighted by Crippen LogP contribution is -2.49. The number of benzene rings is 1. The summed E-state index contributed by atoms with van der Waals surface area (Å²) in [6.07, 6.45) is 5.63. The number of amides is 1. The molecule has 1 amide bonds. The predicted molar refractivity (Wildman–Crippen MR) is 112 cm³/mol. The lowest BCUT2D eigenvalue weighted by Gasteiger charge is -2.40. The number of nitrogens with zero attached hydrogens (tertiary/aromatic N) is 2. The van der Waals surface area contributed by atoms with Crippen molar-refractivity contribution in [1.29, 1.82) is 0 Å². The van der Waals surface area contributed by atoms with Crippen LogP contribution in [0.3, 0.4) is 0 Å². The van der Waals surface area contributed by atoms with Crippen LogP contribution in [0.15, 0.2) is 18.2 Å². The molecule has 2 fully saturated rings. The van der Waals surface area contributed by atoms with E-state index in [4.69, 9.17) is 0 Å². The maximum Gasteiger partial charge on any atom is 0.230 e.